The minimum Gasteiger partial charge on any atom is -0.368 e. The van der Waals surface area contributed by atoms with E-state index in [1.54, 1.807) is 0 Å². The third-order valence-electron chi connectivity index (χ3n) is 4.95. The summed E-state index contributed by atoms with van der Waals surface area (Å²) in [6.45, 7) is 4.45. The van der Waals surface area contributed by atoms with Crippen molar-refractivity contribution >= 4 is 17.8 Å². The Morgan fingerprint density at radius 1 is 0.952 bits per heavy atom. The number of nitrogen functional groups attached to an aromatic ring is 1. The molecule has 0 aromatic carbocycles. The summed E-state index contributed by atoms with van der Waals surface area (Å²) in [6, 6.07) is 1.08. The standard InChI is InChI=1S/C14H23N7/c15-12-17-13(19-14(18-12)21-6-1-2-7-21)16-10-5-9-20-8-3-4-11(10)20/h10-11H,1-9H2,(H3,15,16,17,18,19). The number of aromatic nitrogens is 3. The highest BCUT2D eigenvalue weighted by Crippen LogP contribution is 2.29. The molecule has 0 radical (unpaired) electrons. The fraction of sp³-hybridized carbons (Fsp3) is 0.786. The third kappa shape index (κ3) is 2.50. The smallest absolute Gasteiger partial charge is 0.231 e. The number of nitrogens with one attached hydrogen (secondary N) is 1. The maximum absolute atomic E-state index is 5.87. The van der Waals surface area contributed by atoms with Gasteiger partial charge in [0.25, 0.3) is 0 Å². The van der Waals surface area contributed by atoms with Gasteiger partial charge in [-0.2, -0.15) is 15.0 Å². The number of hydrogen-bond donors (Lipinski definition) is 2. The van der Waals surface area contributed by atoms with E-state index >= 15 is 0 Å². The zero-order valence-electron chi connectivity index (χ0n) is 12.3. The van der Waals surface area contributed by atoms with Gasteiger partial charge >= 0.3 is 0 Å². The van der Waals surface area contributed by atoms with Gasteiger partial charge in [0, 0.05) is 31.7 Å². The van der Waals surface area contributed by atoms with Gasteiger partial charge < -0.3 is 16.0 Å². The molecule has 3 saturated heterocycles. The lowest BCUT2D eigenvalue weighted by Crippen LogP contribution is -2.34. The SMILES string of the molecule is Nc1nc(NC2CCN3CCCC23)nc(N2CCCC2)n1. The fourth-order valence-electron chi connectivity index (χ4n) is 3.92. The van der Waals surface area contributed by atoms with Gasteiger partial charge in [-0.05, 0) is 38.6 Å². The average molecular weight is 289 g/mol. The van der Waals surface area contributed by atoms with E-state index in [1.165, 1.54) is 38.8 Å². The Morgan fingerprint density at radius 2 is 1.81 bits per heavy atom. The van der Waals surface area contributed by atoms with E-state index in [2.05, 4.69) is 30.1 Å². The van der Waals surface area contributed by atoms with Crippen LogP contribution in [0, 0.1) is 0 Å². The molecular weight excluding hydrogens is 266 g/mol. The Kier molecular flexibility index (Phi) is 3.29. The number of nitrogens with two attached hydrogens (primary N) is 1. The average Bonchev–Trinajstić information content (AvgIpc) is 3.16. The van der Waals surface area contributed by atoms with Crippen molar-refractivity contribution in [3.05, 3.63) is 0 Å². The number of anilines is 3. The van der Waals surface area contributed by atoms with E-state index in [4.69, 9.17) is 5.73 Å². The molecule has 1 aromatic heterocycles. The van der Waals surface area contributed by atoms with Gasteiger partial charge in [0.1, 0.15) is 0 Å². The van der Waals surface area contributed by atoms with Gasteiger partial charge in [-0.1, -0.05) is 0 Å². The van der Waals surface area contributed by atoms with Crippen LogP contribution < -0.4 is 16.0 Å². The van der Waals surface area contributed by atoms with Crippen LogP contribution in [0.25, 0.3) is 0 Å². The van der Waals surface area contributed by atoms with E-state index < -0.39 is 0 Å². The van der Waals surface area contributed by atoms with Crippen molar-refractivity contribution in [1.82, 2.24) is 19.9 Å². The molecule has 3 fully saturated rings. The first-order chi connectivity index (χ1) is 10.3. The summed E-state index contributed by atoms with van der Waals surface area (Å²) in [5.74, 6) is 1.68. The maximum Gasteiger partial charge on any atom is 0.231 e. The Bertz CT molecular complexity index is 514. The zero-order chi connectivity index (χ0) is 14.2. The van der Waals surface area contributed by atoms with Crippen LogP contribution in [0.15, 0.2) is 0 Å². The van der Waals surface area contributed by atoms with Crippen molar-refractivity contribution < 1.29 is 0 Å². The molecule has 0 spiro atoms. The van der Waals surface area contributed by atoms with E-state index in [0.717, 1.165) is 25.5 Å². The van der Waals surface area contributed by atoms with Crippen molar-refractivity contribution in [2.24, 2.45) is 0 Å². The molecule has 3 aliphatic heterocycles. The van der Waals surface area contributed by atoms with Crippen LogP contribution in [-0.4, -0.2) is 58.1 Å². The minimum absolute atomic E-state index is 0.315. The number of fused-ring (bicyclic) bond motifs is 1. The van der Waals surface area contributed by atoms with Crippen molar-refractivity contribution in [2.75, 3.05) is 42.1 Å². The summed E-state index contributed by atoms with van der Waals surface area (Å²) in [7, 11) is 0. The largest absolute Gasteiger partial charge is 0.368 e. The summed E-state index contributed by atoms with van der Waals surface area (Å²) >= 11 is 0. The highest BCUT2D eigenvalue weighted by atomic mass is 15.3. The van der Waals surface area contributed by atoms with Crippen LogP contribution in [0.4, 0.5) is 17.8 Å². The van der Waals surface area contributed by atoms with Crippen LogP contribution >= 0.6 is 0 Å². The van der Waals surface area contributed by atoms with Crippen LogP contribution in [0.5, 0.6) is 0 Å². The van der Waals surface area contributed by atoms with Gasteiger partial charge in [-0.3, -0.25) is 4.90 Å². The molecule has 0 aliphatic carbocycles. The van der Waals surface area contributed by atoms with Gasteiger partial charge in [-0.25, -0.2) is 0 Å². The third-order valence-corrected chi connectivity index (χ3v) is 4.95. The molecule has 4 heterocycles. The Hall–Kier alpha value is -1.63. The Labute approximate surface area is 124 Å². The summed E-state index contributed by atoms with van der Waals surface area (Å²) in [5, 5.41) is 3.51. The lowest BCUT2D eigenvalue weighted by molar-refractivity contribution is 0.318. The van der Waals surface area contributed by atoms with E-state index in [-0.39, 0.29) is 0 Å². The van der Waals surface area contributed by atoms with Crippen LogP contribution in [0.2, 0.25) is 0 Å². The molecule has 7 heteroatoms. The van der Waals surface area contributed by atoms with E-state index in [1.807, 2.05) is 0 Å². The van der Waals surface area contributed by atoms with Gasteiger partial charge in [0.05, 0.1) is 0 Å². The van der Waals surface area contributed by atoms with E-state index in [0.29, 0.717) is 24.0 Å². The lowest BCUT2D eigenvalue weighted by atomic mass is 10.1. The Morgan fingerprint density at radius 3 is 2.67 bits per heavy atom. The molecule has 4 rings (SSSR count). The summed E-state index contributed by atoms with van der Waals surface area (Å²) < 4.78 is 0. The summed E-state index contributed by atoms with van der Waals surface area (Å²) in [5.41, 5.74) is 5.87. The highest BCUT2D eigenvalue weighted by Gasteiger charge is 2.37. The minimum atomic E-state index is 0.315. The molecule has 2 unspecified atom stereocenters. The molecule has 114 valence electrons. The maximum atomic E-state index is 5.87. The fourth-order valence-corrected chi connectivity index (χ4v) is 3.92. The second-order valence-corrected chi connectivity index (χ2v) is 6.30. The quantitative estimate of drug-likeness (QED) is 0.847. The normalized spacial score (nSPS) is 29.0. The van der Waals surface area contributed by atoms with Gasteiger partial charge in [0.15, 0.2) is 0 Å². The van der Waals surface area contributed by atoms with Crippen LogP contribution in [0.1, 0.15) is 32.1 Å². The molecule has 2 atom stereocenters. The molecule has 21 heavy (non-hydrogen) atoms. The van der Waals surface area contributed by atoms with Crippen molar-refractivity contribution in [3.8, 4) is 0 Å². The van der Waals surface area contributed by atoms with Crippen LogP contribution in [0.3, 0.4) is 0 Å². The number of hydrogen-bond acceptors (Lipinski definition) is 7. The number of rotatable bonds is 3. The highest BCUT2D eigenvalue weighted by molar-refractivity contribution is 5.43. The molecule has 3 N–H and O–H groups in total. The van der Waals surface area contributed by atoms with Crippen molar-refractivity contribution in [2.45, 2.75) is 44.2 Å². The molecule has 1 aromatic rings. The topological polar surface area (TPSA) is 83.2 Å². The molecule has 0 amide bonds. The number of nitrogens with zero attached hydrogens (tertiary/aromatic N) is 5. The first kappa shape index (κ1) is 13.1. The summed E-state index contributed by atoms with van der Waals surface area (Å²) in [4.78, 5) is 17.9. The van der Waals surface area contributed by atoms with Gasteiger partial charge in [0.2, 0.25) is 17.8 Å². The zero-order valence-corrected chi connectivity index (χ0v) is 12.3. The predicted octanol–water partition coefficient (Wildman–Crippen LogP) is 0.703. The lowest BCUT2D eigenvalue weighted by Gasteiger charge is -2.22. The first-order valence-electron chi connectivity index (χ1n) is 8.07. The molecule has 3 aliphatic rings. The molecule has 7 nitrogen and oxygen atoms in total. The second-order valence-electron chi connectivity index (χ2n) is 6.30. The van der Waals surface area contributed by atoms with Gasteiger partial charge in [-0.15, -0.1) is 0 Å². The second kappa shape index (κ2) is 5.29. The molecule has 0 saturated carbocycles. The monoisotopic (exact) mass is 289 g/mol. The summed E-state index contributed by atoms with van der Waals surface area (Å²) in [6.07, 6.45) is 6.15. The van der Waals surface area contributed by atoms with E-state index in [9.17, 15) is 0 Å². The molecular formula is C14H23N7. The van der Waals surface area contributed by atoms with Crippen molar-refractivity contribution in [1.29, 1.82) is 0 Å². The van der Waals surface area contributed by atoms with Crippen LogP contribution in [-0.2, 0) is 0 Å². The molecule has 0 bridgehead atoms. The predicted molar refractivity (Wildman–Crippen MR) is 82.3 cm³/mol. The van der Waals surface area contributed by atoms with Crippen molar-refractivity contribution in [3.63, 3.8) is 0 Å². The Balaban J connectivity index is 1.51. The first-order valence-corrected chi connectivity index (χ1v) is 8.07.